The lowest BCUT2D eigenvalue weighted by Crippen LogP contribution is -2.53. The van der Waals surface area contributed by atoms with Crippen LogP contribution in [0.15, 0.2) is 49.6 Å². The molecule has 1 amide bonds. The summed E-state index contributed by atoms with van der Waals surface area (Å²) in [6.07, 6.45) is 15.3. The van der Waals surface area contributed by atoms with Crippen molar-refractivity contribution in [1.82, 2.24) is 15.2 Å². The standard InChI is InChI=1S/C24H29BCl2N6O/c25-20-14-30-33-22(29-13-15-2-1-5-28-12-15)11-21(31-23(20)33)16-3-6-32(7-4-16)24(34)17-8-18(26)10-19(27)9-17/h1,5,8,10,12,14-17,20,22-23,29H,2-4,6-7,9,11,13H2. The fraction of sp³-hybridized carbons (Fsp3) is 0.583. The van der Waals surface area contributed by atoms with Gasteiger partial charge in [-0.3, -0.25) is 25.1 Å². The number of piperidine rings is 1. The second-order valence-electron chi connectivity index (χ2n) is 9.62. The van der Waals surface area contributed by atoms with Gasteiger partial charge in [0.25, 0.3) is 0 Å². The molecule has 10 heteroatoms. The molecule has 5 aliphatic rings. The Bertz CT molecular complexity index is 984. The van der Waals surface area contributed by atoms with Crippen LogP contribution in [0.1, 0.15) is 32.1 Å². The number of likely N-dealkylation sites (tertiary alicyclic amines) is 1. The molecule has 5 unspecified atom stereocenters. The minimum absolute atomic E-state index is 0.0599. The van der Waals surface area contributed by atoms with E-state index in [9.17, 15) is 4.79 Å². The number of hydrazone groups is 1. The maximum absolute atomic E-state index is 13.0. The lowest BCUT2D eigenvalue weighted by atomic mass is 9.83. The summed E-state index contributed by atoms with van der Waals surface area (Å²) < 4.78 is 0. The quantitative estimate of drug-likeness (QED) is 0.590. The van der Waals surface area contributed by atoms with Crippen molar-refractivity contribution >= 4 is 55.1 Å². The molecule has 5 rings (SSSR count). The predicted molar refractivity (Wildman–Crippen MR) is 138 cm³/mol. The van der Waals surface area contributed by atoms with E-state index in [2.05, 4.69) is 21.5 Å². The van der Waals surface area contributed by atoms with Gasteiger partial charge in [-0.05, 0) is 31.8 Å². The largest absolute Gasteiger partial charge is 0.342 e. The third-order valence-corrected chi connectivity index (χ3v) is 7.71. The van der Waals surface area contributed by atoms with Crippen molar-refractivity contribution in [2.75, 3.05) is 19.6 Å². The first-order valence-electron chi connectivity index (χ1n) is 12.1. The number of allylic oxidation sites excluding steroid dienone is 4. The summed E-state index contributed by atoms with van der Waals surface area (Å²) in [4.78, 5) is 24.3. The Balaban J connectivity index is 1.20. The van der Waals surface area contributed by atoms with E-state index in [1.807, 2.05) is 28.4 Å². The molecule has 0 aromatic carbocycles. The number of rotatable bonds is 5. The third-order valence-electron chi connectivity index (χ3n) is 7.22. The molecule has 0 aromatic heterocycles. The molecule has 1 fully saturated rings. The second-order valence-corrected chi connectivity index (χ2v) is 10.5. The lowest BCUT2D eigenvalue weighted by Gasteiger charge is -2.41. The Morgan fingerprint density at radius 2 is 2.03 bits per heavy atom. The monoisotopic (exact) mass is 498 g/mol. The summed E-state index contributed by atoms with van der Waals surface area (Å²) in [5, 5.41) is 11.4. The normalized spacial score (nSPS) is 33.5. The summed E-state index contributed by atoms with van der Waals surface area (Å²) >= 11 is 12.3. The van der Waals surface area contributed by atoms with E-state index >= 15 is 0 Å². The van der Waals surface area contributed by atoms with Crippen LogP contribution in [-0.2, 0) is 4.79 Å². The molecule has 4 heterocycles. The van der Waals surface area contributed by atoms with Gasteiger partial charge in [-0.1, -0.05) is 35.4 Å². The zero-order valence-electron chi connectivity index (χ0n) is 19.1. The highest BCUT2D eigenvalue weighted by molar-refractivity contribution is 6.35. The van der Waals surface area contributed by atoms with Crippen LogP contribution in [-0.4, -0.2) is 73.8 Å². The van der Waals surface area contributed by atoms with E-state index < -0.39 is 0 Å². The molecule has 178 valence electrons. The topological polar surface area (TPSA) is 72.7 Å². The van der Waals surface area contributed by atoms with Crippen LogP contribution in [0.25, 0.3) is 0 Å². The number of aliphatic imine (C=N–C) groups is 2. The van der Waals surface area contributed by atoms with Crippen LogP contribution in [0.2, 0.25) is 5.82 Å². The first kappa shape index (κ1) is 23.8. The Labute approximate surface area is 212 Å². The zero-order chi connectivity index (χ0) is 23.7. The number of fused-ring (bicyclic) bond motifs is 1. The Morgan fingerprint density at radius 3 is 2.76 bits per heavy atom. The molecule has 0 saturated carbocycles. The summed E-state index contributed by atoms with van der Waals surface area (Å²) in [6, 6.07) is 0. The molecule has 0 bridgehead atoms. The number of carbonyl (C=O) groups excluding carboxylic acids is 1. The number of hydrogen-bond acceptors (Lipinski definition) is 6. The van der Waals surface area contributed by atoms with Gasteiger partial charge in [-0.25, -0.2) is 0 Å². The maximum Gasteiger partial charge on any atom is 0.229 e. The van der Waals surface area contributed by atoms with Gasteiger partial charge >= 0.3 is 0 Å². The maximum atomic E-state index is 13.0. The minimum Gasteiger partial charge on any atom is -0.342 e. The van der Waals surface area contributed by atoms with E-state index in [-0.39, 0.29) is 30.0 Å². The van der Waals surface area contributed by atoms with Gasteiger partial charge in [-0.15, -0.1) is 0 Å². The van der Waals surface area contributed by atoms with Crippen LogP contribution in [0.5, 0.6) is 0 Å². The lowest BCUT2D eigenvalue weighted by molar-refractivity contribution is -0.135. The number of nitrogens with one attached hydrogen (secondary N) is 1. The molecular weight excluding hydrogens is 470 g/mol. The van der Waals surface area contributed by atoms with Crippen LogP contribution in [0.4, 0.5) is 0 Å². The summed E-state index contributed by atoms with van der Waals surface area (Å²) in [5.41, 5.74) is 1.19. The van der Waals surface area contributed by atoms with Gasteiger partial charge in [0.2, 0.25) is 5.91 Å². The highest BCUT2D eigenvalue weighted by Gasteiger charge is 2.39. The summed E-state index contributed by atoms with van der Waals surface area (Å²) in [6.45, 7) is 2.26. The molecule has 4 aliphatic heterocycles. The van der Waals surface area contributed by atoms with Crippen molar-refractivity contribution in [3.8, 4) is 0 Å². The molecule has 0 aromatic rings. The van der Waals surface area contributed by atoms with Crippen molar-refractivity contribution in [3.63, 3.8) is 0 Å². The van der Waals surface area contributed by atoms with Crippen molar-refractivity contribution in [2.45, 2.75) is 50.3 Å². The SMILES string of the molecule is [B]C1C=NN2C(NCC3C=NC=CC3)CC(C3CCN(C(=O)C4C=C(Cl)C=C(Cl)C4)CC3)=NC12. The molecule has 1 saturated heterocycles. The van der Waals surface area contributed by atoms with Gasteiger partial charge in [0, 0.05) is 78.1 Å². The first-order chi connectivity index (χ1) is 16.5. The number of hydrogen-bond donors (Lipinski definition) is 1. The van der Waals surface area contributed by atoms with Gasteiger partial charge in [0.15, 0.2) is 0 Å². The number of nitrogens with zero attached hydrogens (tertiary/aromatic N) is 5. The predicted octanol–water partition coefficient (Wildman–Crippen LogP) is 3.44. The smallest absolute Gasteiger partial charge is 0.229 e. The Kier molecular flexibility index (Phi) is 7.28. The van der Waals surface area contributed by atoms with Crippen LogP contribution >= 0.6 is 23.2 Å². The molecule has 7 nitrogen and oxygen atoms in total. The van der Waals surface area contributed by atoms with Gasteiger partial charge < -0.3 is 4.90 Å². The van der Waals surface area contributed by atoms with Crippen LogP contribution < -0.4 is 5.32 Å². The number of halogens is 2. The van der Waals surface area contributed by atoms with E-state index in [1.165, 1.54) is 5.71 Å². The summed E-state index contributed by atoms with van der Waals surface area (Å²) in [7, 11) is 6.31. The fourth-order valence-corrected chi connectivity index (χ4v) is 5.96. The Morgan fingerprint density at radius 1 is 1.21 bits per heavy atom. The molecule has 0 spiro atoms. The van der Waals surface area contributed by atoms with Crippen molar-refractivity contribution in [1.29, 1.82) is 0 Å². The summed E-state index contributed by atoms with van der Waals surface area (Å²) in [5.74, 6) is 0.347. The van der Waals surface area contributed by atoms with E-state index in [4.69, 9.17) is 36.0 Å². The zero-order valence-corrected chi connectivity index (χ0v) is 20.6. The van der Waals surface area contributed by atoms with Gasteiger partial charge in [-0.2, -0.15) is 5.10 Å². The van der Waals surface area contributed by atoms with Crippen molar-refractivity contribution in [3.05, 3.63) is 34.5 Å². The van der Waals surface area contributed by atoms with Crippen LogP contribution in [0.3, 0.4) is 0 Å². The molecular formula is C24H29BCl2N6O. The second kappa shape index (κ2) is 10.4. The molecule has 34 heavy (non-hydrogen) atoms. The fourth-order valence-electron chi connectivity index (χ4n) is 5.33. The van der Waals surface area contributed by atoms with E-state index in [0.29, 0.717) is 41.4 Å². The average molecular weight is 499 g/mol. The third kappa shape index (κ3) is 5.19. The number of carbonyl (C=O) groups is 1. The average Bonchev–Trinajstić information content (AvgIpc) is 3.23. The van der Waals surface area contributed by atoms with E-state index in [1.54, 1.807) is 12.3 Å². The number of amides is 1. The molecule has 1 aliphatic carbocycles. The van der Waals surface area contributed by atoms with Crippen molar-refractivity contribution in [2.24, 2.45) is 32.8 Å². The van der Waals surface area contributed by atoms with Crippen molar-refractivity contribution < 1.29 is 4.79 Å². The molecule has 1 N–H and O–H groups in total. The van der Waals surface area contributed by atoms with E-state index in [0.717, 1.165) is 32.2 Å². The highest BCUT2D eigenvalue weighted by Crippen LogP contribution is 2.34. The minimum atomic E-state index is -0.275. The molecule has 5 atom stereocenters. The van der Waals surface area contributed by atoms with Gasteiger partial charge in [0.05, 0.1) is 13.8 Å². The highest BCUT2D eigenvalue weighted by atomic mass is 35.5. The first-order valence-corrected chi connectivity index (χ1v) is 12.8. The van der Waals surface area contributed by atoms with Gasteiger partial charge in [0.1, 0.15) is 12.3 Å². The Hall–Kier alpha value is -1.90. The molecule has 2 radical (unpaired) electrons. The van der Waals surface area contributed by atoms with Crippen LogP contribution in [0, 0.1) is 17.8 Å².